The van der Waals surface area contributed by atoms with Gasteiger partial charge >= 0.3 is 0 Å². The van der Waals surface area contributed by atoms with Crippen LogP contribution in [0.1, 0.15) is 40.4 Å². The summed E-state index contributed by atoms with van der Waals surface area (Å²) in [6.45, 7) is 3.97. The Kier molecular flexibility index (Phi) is 5.37. The lowest BCUT2D eigenvalue weighted by Crippen LogP contribution is -2.31. The molecule has 2 aliphatic rings. The van der Waals surface area contributed by atoms with Crippen molar-refractivity contribution in [2.45, 2.75) is 32.2 Å². The van der Waals surface area contributed by atoms with Crippen molar-refractivity contribution in [3.63, 3.8) is 0 Å². The number of aryl methyl sites for hydroxylation is 1. The van der Waals surface area contributed by atoms with E-state index in [0.717, 1.165) is 30.6 Å². The predicted molar refractivity (Wildman–Crippen MR) is 126 cm³/mol. The number of benzene rings is 1. The first-order valence-electron chi connectivity index (χ1n) is 11.6. The zero-order valence-electron chi connectivity index (χ0n) is 19.2. The largest absolute Gasteiger partial charge is 0.381 e. The molecule has 0 unspecified atom stereocenters. The van der Waals surface area contributed by atoms with Gasteiger partial charge in [0, 0.05) is 24.6 Å². The molecule has 1 aliphatic heterocycles. The number of pyridine rings is 1. The Morgan fingerprint density at radius 1 is 1.23 bits per heavy atom. The maximum Gasteiger partial charge on any atom is 0.259 e. The lowest BCUT2D eigenvalue weighted by Gasteiger charge is -2.26. The van der Waals surface area contributed by atoms with Crippen LogP contribution < -0.4 is 5.32 Å². The van der Waals surface area contributed by atoms with E-state index in [2.05, 4.69) is 25.5 Å². The SMILES string of the molecule is Cc1cc(F)c(C(=O)Nc2cccc(-c3nncn3CC3COC3)n2)cc1-n1cnc(C2CC2)c1. The molecule has 10 heteroatoms. The van der Waals surface area contributed by atoms with Gasteiger partial charge in [-0.15, -0.1) is 10.2 Å². The summed E-state index contributed by atoms with van der Waals surface area (Å²) in [7, 11) is 0. The summed E-state index contributed by atoms with van der Waals surface area (Å²) >= 11 is 0. The number of hydrogen-bond donors (Lipinski definition) is 1. The Balaban J connectivity index is 1.24. The van der Waals surface area contributed by atoms with Gasteiger partial charge < -0.3 is 19.2 Å². The molecule has 4 heterocycles. The molecule has 1 aliphatic carbocycles. The van der Waals surface area contributed by atoms with Crippen LogP contribution in [0.4, 0.5) is 10.2 Å². The van der Waals surface area contributed by atoms with E-state index >= 15 is 0 Å². The Morgan fingerprint density at radius 2 is 2.09 bits per heavy atom. The average Bonchev–Trinajstić information content (AvgIpc) is 3.36. The number of ether oxygens (including phenoxy) is 1. The summed E-state index contributed by atoms with van der Waals surface area (Å²) in [6.07, 6.45) is 7.62. The van der Waals surface area contributed by atoms with Gasteiger partial charge in [0.2, 0.25) is 0 Å². The fourth-order valence-corrected chi connectivity index (χ4v) is 4.24. The molecule has 35 heavy (non-hydrogen) atoms. The summed E-state index contributed by atoms with van der Waals surface area (Å²) in [6, 6.07) is 8.16. The first-order valence-corrected chi connectivity index (χ1v) is 11.6. The Morgan fingerprint density at radius 3 is 2.86 bits per heavy atom. The number of hydrogen-bond acceptors (Lipinski definition) is 6. The molecule has 1 aromatic carbocycles. The molecule has 0 radical (unpaired) electrons. The van der Waals surface area contributed by atoms with Crippen molar-refractivity contribution in [1.82, 2.24) is 29.3 Å². The van der Waals surface area contributed by atoms with Crippen LogP contribution in [0.3, 0.4) is 0 Å². The second-order valence-electron chi connectivity index (χ2n) is 9.17. The normalized spacial score (nSPS) is 15.7. The Bertz CT molecular complexity index is 1400. The number of imidazole rings is 1. The molecule has 2 fully saturated rings. The van der Waals surface area contributed by atoms with Crippen molar-refractivity contribution in [3.05, 3.63) is 71.8 Å². The highest BCUT2D eigenvalue weighted by Gasteiger charge is 2.26. The van der Waals surface area contributed by atoms with E-state index in [9.17, 15) is 9.18 Å². The molecule has 3 aromatic heterocycles. The summed E-state index contributed by atoms with van der Waals surface area (Å²) in [4.78, 5) is 22.0. The van der Waals surface area contributed by atoms with Crippen LogP contribution >= 0.6 is 0 Å². The first kappa shape index (κ1) is 21.6. The Hall–Kier alpha value is -3.92. The third kappa shape index (κ3) is 4.32. The quantitative estimate of drug-likeness (QED) is 0.439. The fraction of sp³-hybridized carbons (Fsp3) is 0.320. The smallest absolute Gasteiger partial charge is 0.259 e. The second kappa shape index (κ2) is 8.70. The minimum absolute atomic E-state index is 0.0624. The summed E-state index contributed by atoms with van der Waals surface area (Å²) in [5.74, 6) is 0.652. The van der Waals surface area contributed by atoms with Crippen LogP contribution in [0.15, 0.2) is 49.2 Å². The van der Waals surface area contributed by atoms with E-state index in [1.807, 2.05) is 22.3 Å². The third-order valence-corrected chi connectivity index (χ3v) is 6.40. The first-order chi connectivity index (χ1) is 17.0. The number of carbonyl (C=O) groups excluding carboxylic acids is 1. The van der Waals surface area contributed by atoms with Gasteiger partial charge in [-0.05, 0) is 49.6 Å². The number of nitrogens with zero attached hydrogens (tertiary/aromatic N) is 6. The van der Waals surface area contributed by atoms with Gasteiger partial charge in [-0.25, -0.2) is 14.4 Å². The summed E-state index contributed by atoms with van der Waals surface area (Å²) < 4.78 is 23.8. The van der Waals surface area contributed by atoms with Gasteiger partial charge in [0.1, 0.15) is 23.7 Å². The number of anilines is 1. The maximum atomic E-state index is 14.8. The van der Waals surface area contributed by atoms with Crippen LogP contribution in [-0.2, 0) is 11.3 Å². The van der Waals surface area contributed by atoms with E-state index in [4.69, 9.17) is 4.74 Å². The molecule has 1 N–H and O–H groups in total. The average molecular weight is 474 g/mol. The van der Waals surface area contributed by atoms with E-state index in [0.29, 0.717) is 48.1 Å². The zero-order valence-corrected chi connectivity index (χ0v) is 19.2. The molecular formula is C25H24FN7O2. The Labute approximate surface area is 201 Å². The maximum absolute atomic E-state index is 14.8. The van der Waals surface area contributed by atoms with E-state index in [1.54, 1.807) is 36.9 Å². The number of nitrogens with one attached hydrogen (secondary N) is 1. The number of aromatic nitrogens is 6. The van der Waals surface area contributed by atoms with E-state index in [1.165, 1.54) is 6.07 Å². The molecule has 1 amide bonds. The molecule has 6 rings (SSSR count). The summed E-state index contributed by atoms with van der Waals surface area (Å²) in [5, 5.41) is 10.9. The van der Waals surface area contributed by atoms with Gasteiger partial charge in [0.05, 0.1) is 36.5 Å². The number of halogens is 1. The van der Waals surface area contributed by atoms with Crippen LogP contribution in [-0.4, -0.2) is 48.4 Å². The fourth-order valence-electron chi connectivity index (χ4n) is 4.24. The van der Waals surface area contributed by atoms with Crippen molar-refractivity contribution in [2.75, 3.05) is 18.5 Å². The molecule has 0 spiro atoms. The van der Waals surface area contributed by atoms with Crippen LogP contribution in [0.25, 0.3) is 17.2 Å². The van der Waals surface area contributed by atoms with Gasteiger partial charge in [-0.1, -0.05) is 6.07 Å². The number of carbonyl (C=O) groups is 1. The van der Waals surface area contributed by atoms with Crippen molar-refractivity contribution in [3.8, 4) is 17.2 Å². The molecule has 0 bridgehead atoms. The molecule has 9 nitrogen and oxygen atoms in total. The van der Waals surface area contributed by atoms with Gasteiger partial charge in [-0.2, -0.15) is 0 Å². The van der Waals surface area contributed by atoms with Crippen LogP contribution in [0, 0.1) is 18.7 Å². The number of amides is 1. The minimum Gasteiger partial charge on any atom is -0.381 e. The van der Waals surface area contributed by atoms with Crippen molar-refractivity contribution >= 4 is 11.7 Å². The van der Waals surface area contributed by atoms with E-state index < -0.39 is 11.7 Å². The standard InChI is InChI=1S/C25H24FN7O2/c1-15-7-19(26)18(8-22(15)32-10-21(27-13-32)17-5-6-17)25(34)30-23-4-2-3-20(29-23)24-31-28-14-33(24)9-16-11-35-12-16/h2-4,7-8,10,13-14,16-17H,5-6,9,11-12H2,1H3,(H,29,30,34). The highest BCUT2D eigenvalue weighted by Crippen LogP contribution is 2.39. The third-order valence-electron chi connectivity index (χ3n) is 6.40. The van der Waals surface area contributed by atoms with Crippen LogP contribution in [0.5, 0.6) is 0 Å². The zero-order chi connectivity index (χ0) is 23.9. The lowest BCUT2D eigenvalue weighted by atomic mass is 10.1. The van der Waals surface area contributed by atoms with Crippen molar-refractivity contribution in [2.24, 2.45) is 5.92 Å². The van der Waals surface area contributed by atoms with E-state index in [-0.39, 0.29) is 5.56 Å². The second-order valence-corrected chi connectivity index (χ2v) is 9.17. The molecular weight excluding hydrogens is 449 g/mol. The molecule has 4 aromatic rings. The van der Waals surface area contributed by atoms with Gasteiger partial charge in [0.15, 0.2) is 5.82 Å². The lowest BCUT2D eigenvalue weighted by molar-refractivity contribution is -0.0392. The van der Waals surface area contributed by atoms with Crippen molar-refractivity contribution < 1.29 is 13.9 Å². The summed E-state index contributed by atoms with van der Waals surface area (Å²) in [5.41, 5.74) is 2.96. The monoisotopic (exact) mass is 473 g/mol. The highest BCUT2D eigenvalue weighted by atomic mass is 19.1. The van der Waals surface area contributed by atoms with Gasteiger partial charge in [0.25, 0.3) is 5.91 Å². The predicted octanol–water partition coefficient (Wildman–Crippen LogP) is 3.75. The molecule has 1 saturated carbocycles. The topological polar surface area (TPSA) is 99.8 Å². The molecule has 0 atom stereocenters. The minimum atomic E-state index is -0.593. The molecule has 178 valence electrons. The van der Waals surface area contributed by atoms with Gasteiger partial charge in [-0.3, -0.25) is 4.79 Å². The number of rotatable bonds is 7. The highest BCUT2D eigenvalue weighted by molar-refractivity contribution is 6.04. The van der Waals surface area contributed by atoms with Crippen molar-refractivity contribution in [1.29, 1.82) is 0 Å². The van der Waals surface area contributed by atoms with Crippen LogP contribution in [0.2, 0.25) is 0 Å². The molecule has 1 saturated heterocycles.